The van der Waals surface area contributed by atoms with Gasteiger partial charge in [-0.3, -0.25) is 0 Å². The van der Waals surface area contributed by atoms with Gasteiger partial charge in [-0.25, -0.2) is 0 Å². The van der Waals surface area contributed by atoms with Crippen LogP contribution in [0.3, 0.4) is 0 Å². The summed E-state index contributed by atoms with van der Waals surface area (Å²) in [6, 6.07) is 0. The molecule has 1 heterocycles. The highest BCUT2D eigenvalue weighted by Gasteiger charge is 2.42. The Morgan fingerprint density at radius 2 is 2.17 bits per heavy atom. The number of rotatable bonds is 2. The molecule has 0 aromatic carbocycles. The van der Waals surface area contributed by atoms with Gasteiger partial charge in [-0.2, -0.15) is 0 Å². The summed E-state index contributed by atoms with van der Waals surface area (Å²) in [4.78, 5) is 0. The molecule has 0 amide bonds. The van der Waals surface area contributed by atoms with E-state index in [1.807, 2.05) is 13.8 Å². The highest BCUT2D eigenvalue weighted by atomic mass is 16.3. The van der Waals surface area contributed by atoms with E-state index in [2.05, 4.69) is 12.2 Å². The molecule has 2 unspecified atom stereocenters. The highest BCUT2D eigenvalue weighted by molar-refractivity contribution is 4.98. The van der Waals surface area contributed by atoms with Gasteiger partial charge in [-0.15, -0.1) is 0 Å². The van der Waals surface area contributed by atoms with Gasteiger partial charge >= 0.3 is 0 Å². The molecule has 3 nitrogen and oxygen atoms in total. The Kier molecular flexibility index (Phi) is 2.47. The Morgan fingerprint density at radius 1 is 1.58 bits per heavy atom. The topological polar surface area (TPSA) is 58.3 Å². The molecule has 1 saturated heterocycles. The molecule has 0 aliphatic carbocycles. The van der Waals surface area contributed by atoms with Gasteiger partial charge in [0.25, 0.3) is 0 Å². The molecule has 1 rings (SSSR count). The molecule has 1 aliphatic rings. The third kappa shape index (κ3) is 1.79. The molecule has 3 heteroatoms. The Balaban J connectivity index is 2.68. The van der Waals surface area contributed by atoms with Gasteiger partial charge < -0.3 is 16.2 Å². The van der Waals surface area contributed by atoms with Gasteiger partial charge in [-0.05, 0) is 26.8 Å². The zero-order valence-corrected chi connectivity index (χ0v) is 8.22. The van der Waals surface area contributed by atoms with Crippen LogP contribution in [0, 0.1) is 5.41 Å². The van der Waals surface area contributed by atoms with Gasteiger partial charge in [0.15, 0.2) is 0 Å². The first kappa shape index (κ1) is 9.96. The van der Waals surface area contributed by atoms with Crippen LogP contribution in [0.5, 0.6) is 0 Å². The molecule has 0 saturated carbocycles. The first-order valence-corrected chi connectivity index (χ1v) is 4.54. The van der Waals surface area contributed by atoms with E-state index in [-0.39, 0.29) is 5.41 Å². The van der Waals surface area contributed by atoms with Crippen molar-refractivity contribution >= 4 is 0 Å². The van der Waals surface area contributed by atoms with Gasteiger partial charge in [0.1, 0.15) is 0 Å². The molecule has 0 radical (unpaired) electrons. The maximum absolute atomic E-state index is 9.98. The van der Waals surface area contributed by atoms with Crippen molar-refractivity contribution in [3.8, 4) is 0 Å². The van der Waals surface area contributed by atoms with Gasteiger partial charge in [0, 0.05) is 17.5 Å². The number of nitrogens with one attached hydrogen (secondary N) is 1. The van der Waals surface area contributed by atoms with Crippen LogP contribution in [0.25, 0.3) is 0 Å². The monoisotopic (exact) mass is 172 g/mol. The van der Waals surface area contributed by atoms with Crippen molar-refractivity contribution in [2.45, 2.75) is 38.8 Å². The minimum absolute atomic E-state index is 0.0434. The van der Waals surface area contributed by atoms with Gasteiger partial charge in [0.2, 0.25) is 0 Å². The predicted octanol–water partition coefficient (Wildman–Crippen LogP) is 0.0842. The smallest absolute Gasteiger partial charge is 0.0780 e. The minimum Gasteiger partial charge on any atom is -0.391 e. The molecule has 0 aromatic heterocycles. The summed E-state index contributed by atoms with van der Waals surface area (Å²) >= 11 is 0. The van der Waals surface area contributed by atoms with Crippen molar-refractivity contribution in [3.05, 3.63) is 0 Å². The molecule has 12 heavy (non-hydrogen) atoms. The lowest BCUT2D eigenvalue weighted by atomic mass is 9.75. The number of hydrogen-bond acceptors (Lipinski definition) is 3. The van der Waals surface area contributed by atoms with Crippen LogP contribution in [0.2, 0.25) is 0 Å². The van der Waals surface area contributed by atoms with E-state index >= 15 is 0 Å². The Morgan fingerprint density at radius 3 is 2.50 bits per heavy atom. The van der Waals surface area contributed by atoms with E-state index in [9.17, 15) is 5.11 Å². The van der Waals surface area contributed by atoms with Crippen molar-refractivity contribution in [1.29, 1.82) is 0 Å². The average Bonchev–Trinajstić information content (AvgIpc) is 2.34. The average molecular weight is 172 g/mol. The van der Waals surface area contributed by atoms with Crippen LogP contribution in [0.15, 0.2) is 0 Å². The van der Waals surface area contributed by atoms with E-state index in [0.717, 1.165) is 19.5 Å². The molecule has 1 fully saturated rings. The van der Waals surface area contributed by atoms with Gasteiger partial charge in [-0.1, -0.05) is 6.92 Å². The fraction of sp³-hybridized carbons (Fsp3) is 1.00. The van der Waals surface area contributed by atoms with Crippen molar-refractivity contribution in [1.82, 2.24) is 5.32 Å². The molecular weight excluding hydrogens is 152 g/mol. The third-order valence-electron chi connectivity index (χ3n) is 2.77. The maximum Gasteiger partial charge on any atom is 0.0780 e. The van der Waals surface area contributed by atoms with E-state index in [0.29, 0.717) is 0 Å². The zero-order chi connectivity index (χ0) is 9.41. The molecule has 0 spiro atoms. The van der Waals surface area contributed by atoms with Crippen molar-refractivity contribution in [2.24, 2.45) is 11.1 Å². The maximum atomic E-state index is 9.98. The number of aliphatic hydroxyl groups excluding tert-OH is 1. The van der Waals surface area contributed by atoms with Crippen LogP contribution < -0.4 is 11.1 Å². The predicted molar refractivity (Wildman–Crippen MR) is 49.9 cm³/mol. The van der Waals surface area contributed by atoms with E-state index < -0.39 is 11.6 Å². The molecular formula is C9H20N2O. The second kappa shape index (κ2) is 2.98. The third-order valence-corrected chi connectivity index (χ3v) is 2.77. The molecule has 4 N–H and O–H groups in total. The summed E-state index contributed by atoms with van der Waals surface area (Å²) in [5.74, 6) is 0. The number of aliphatic hydroxyl groups is 1. The SMILES string of the molecule is CC(C)(N)C(O)C1(C)CCNC1. The summed E-state index contributed by atoms with van der Waals surface area (Å²) in [6.45, 7) is 7.70. The van der Waals surface area contributed by atoms with Crippen molar-refractivity contribution < 1.29 is 5.11 Å². The molecule has 0 aromatic rings. The van der Waals surface area contributed by atoms with Gasteiger partial charge in [0.05, 0.1) is 6.10 Å². The molecule has 72 valence electrons. The highest BCUT2D eigenvalue weighted by Crippen LogP contribution is 2.33. The number of nitrogens with two attached hydrogens (primary N) is 1. The summed E-state index contributed by atoms with van der Waals surface area (Å²) in [6.07, 6.45) is 0.578. The van der Waals surface area contributed by atoms with E-state index in [1.54, 1.807) is 0 Å². The van der Waals surface area contributed by atoms with Crippen LogP contribution in [0.4, 0.5) is 0 Å². The van der Waals surface area contributed by atoms with Crippen LogP contribution in [0.1, 0.15) is 27.2 Å². The zero-order valence-electron chi connectivity index (χ0n) is 8.22. The summed E-state index contributed by atoms with van der Waals surface area (Å²) < 4.78 is 0. The molecule has 2 atom stereocenters. The second-order valence-corrected chi connectivity index (χ2v) is 4.80. The Hall–Kier alpha value is -0.120. The van der Waals surface area contributed by atoms with Crippen LogP contribution in [-0.4, -0.2) is 29.8 Å². The van der Waals surface area contributed by atoms with Crippen molar-refractivity contribution in [2.75, 3.05) is 13.1 Å². The van der Waals surface area contributed by atoms with Crippen molar-refractivity contribution in [3.63, 3.8) is 0 Å². The summed E-state index contributed by atoms with van der Waals surface area (Å²) in [5.41, 5.74) is 5.32. The summed E-state index contributed by atoms with van der Waals surface area (Å²) in [5, 5.41) is 13.2. The first-order valence-electron chi connectivity index (χ1n) is 4.54. The van der Waals surface area contributed by atoms with E-state index in [4.69, 9.17) is 5.73 Å². The lowest BCUT2D eigenvalue weighted by Gasteiger charge is -2.38. The summed E-state index contributed by atoms with van der Waals surface area (Å²) in [7, 11) is 0. The largest absolute Gasteiger partial charge is 0.391 e. The quantitative estimate of drug-likeness (QED) is 0.553. The van der Waals surface area contributed by atoms with E-state index in [1.165, 1.54) is 0 Å². The fourth-order valence-electron chi connectivity index (χ4n) is 1.97. The Labute approximate surface area is 74.3 Å². The Bertz CT molecular complexity index is 156. The first-order chi connectivity index (χ1) is 5.36. The number of hydrogen-bond donors (Lipinski definition) is 3. The lowest BCUT2D eigenvalue weighted by molar-refractivity contribution is -0.0000632. The fourth-order valence-corrected chi connectivity index (χ4v) is 1.97. The van der Waals surface area contributed by atoms with Crippen LogP contribution in [-0.2, 0) is 0 Å². The standard InChI is InChI=1S/C9H20N2O/c1-8(2,10)7(12)9(3)4-5-11-6-9/h7,11-12H,4-6,10H2,1-3H3. The second-order valence-electron chi connectivity index (χ2n) is 4.80. The molecule has 1 aliphatic heterocycles. The van der Waals surface area contributed by atoms with Crippen LogP contribution >= 0.6 is 0 Å². The normalized spacial score (nSPS) is 33.8. The molecule has 0 bridgehead atoms. The minimum atomic E-state index is -0.499. The lowest BCUT2D eigenvalue weighted by Crippen LogP contribution is -2.54.